The van der Waals surface area contributed by atoms with Crippen LogP contribution in [0.15, 0.2) is 146 Å². The average molecular weight is 570 g/mol. The van der Waals surface area contributed by atoms with Crippen LogP contribution in [0.4, 0.5) is 0 Å². The number of fused-ring (bicyclic) bond motifs is 11. The van der Waals surface area contributed by atoms with E-state index in [0.29, 0.717) is 5.92 Å². The second-order valence-electron chi connectivity index (χ2n) is 12.7. The van der Waals surface area contributed by atoms with Crippen LogP contribution in [-0.2, 0) is 6.42 Å². The molecule has 0 saturated heterocycles. The molecule has 1 atom stereocenters. The van der Waals surface area contributed by atoms with Crippen molar-refractivity contribution in [3.8, 4) is 44.5 Å². The smallest absolute Gasteiger partial charge is 0.0632 e. The molecule has 0 saturated carbocycles. The fraction of sp³-hybridized carbons (Fsp3) is 0.0455. The number of aromatic nitrogens is 1. The lowest BCUT2D eigenvalue weighted by molar-refractivity contribution is 0.818. The van der Waals surface area contributed by atoms with E-state index in [0.717, 1.165) is 6.42 Å². The number of hydrogen-bond donors (Lipinski definition) is 0. The van der Waals surface area contributed by atoms with Gasteiger partial charge in [0.15, 0.2) is 0 Å². The summed E-state index contributed by atoms with van der Waals surface area (Å²) in [6.07, 6.45) is 0.985. The summed E-state index contributed by atoms with van der Waals surface area (Å²) in [6, 6.07) is 54.3. The number of nitrogens with zero attached hydrogens (tertiary/aromatic N) is 1. The van der Waals surface area contributed by atoms with Crippen molar-refractivity contribution in [2.24, 2.45) is 0 Å². The summed E-state index contributed by atoms with van der Waals surface area (Å²) in [5.41, 5.74) is 19.2. The van der Waals surface area contributed by atoms with Gasteiger partial charge in [-0.15, -0.1) is 0 Å². The van der Waals surface area contributed by atoms with Gasteiger partial charge in [-0.25, -0.2) is 0 Å². The Kier molecular flexibility index (Phi) is 4.48. The zero-order valence-electron chi connectivity index (χ0n) is 24.6. The van der Waals surface area contributed by atoms with E-state index in [1.54, 1.807) is 0 Å². The second kappa shape index (κ2) is 8.49. The van der Waals surface area contributed by atoms with Crippen LogP contribution in [0.2, 0.25) is 0 Å². The summed E-state index contributed by atoms with van der Waals surface area (Å²) in [5, 5.41) is 5.35. The Bertz CT molecular complexity index is 2660. The van der Waals surface area contributed by atoms with Crippen LogP contribution in [0.1, 0.15) is 22.6 Å². The van der Waals surface area contributed by atoms with Crippen molar-refractivity contribution in [1.82, 2.24) is 4.40 Å². The predicted octanol–water partition coefficient (Wildman–Crippen LogP) is 11.5. The van der Waals surface area contributed by atoms with Crippen LogP contribution < -0.4 is 0 Å². The Morgan fingerprint density at radius 3 is 1.91 bits per heavy atom. The zero-order valence-corrected chi connectivity index (χ0v) is 24.6. The Balaban J connectivity index is 1.45. The minimum Gasteiger partial charge on any atom is -0.307 e. The molecule has 208 valence electrons. The normalized spacial score (nSPS) is 14.8. The van der Waals surface area contributed by atoms with E-state index in [1.807, 2.05) is 0 Å². The van der Waals surface area contributed by atoms with Gasteiger partial charge in [-0.2, -0.15) is 0 Å². The number of rotatable bonds is 2. The molecule has 9 aromatic rings. The molecule has 0 bridgehead atoms. The van der Waals surface area contributed by atoms with Gasteiger partial charge in [0.05, 0.1) is 16.6 Å². The molecule has 1 unspecified atom stereocenters. The zero-order chi connectivity index (χ0) is 29.2. The molecule has 11 rings (SSSR count). The van der Waals surface area contributed by atoms with Crippen LogP contribution in [0.25, 0.3) is 82.6 Å². The monoisotopic (exact) mass is 569 g/mol. The first kappa shape index (κ1) is 23.8. The average Bonchev–Trinajstić information content (AvgIpc) is 3.74. The molecule has 2 heterocycles. The van der Waals surface area contributed by atoms with E-state index in [4.69, 9.17) is 0 Å². The van der Waals surface area contributed by atoms with Gasteiger partial charge in [-0.3, -0.25) is 0 Å². The van der Waals surface area contributed by atoms with E-state index >= 15 is 0 Å². The van der Waals surface area contributed by atoms with Crippen LogP contribution in [0.3, 0.4) is 0 Å². The van der Waals surface area contributed by atoms with E-state index in [-0.39, 0.29) is 0 Å². The summed E-state index contributed by atoms with van der Waals surface area (Å²) in [6.45, 7) is 0. The maximum Gasteiger partial charge on any atom is 0.0632 e. The minimum absolute atomic E-state index is 0.348. The van der Waals surface area contributed by atoms with Crippen molar-refractivity contribution in [1.29, 1.82) is 0 Å². The third-order valence-corrected chi connectivity index (χ3v) is 10.6. The van der Waals surface area contributed by atoms with E-state index in [1.165, 1.54) is 99.3 Å². The summed E-state index contributed by atoms with van der Waals surface area (Å²) in [5.74, 6) is 0.348. The first-order valence-corrected chi connectivity index (χ1v) is 16.0. The highest BCUT2D eigenvalue weighted by molar-refractivity contribution is 6.30. The van der Waals surface area contributed by atoms with Crippen LogP contribution in [0, 0.1) is 0 Å². The third-order valence-electron chi connectivity index (χ3n) is 10.6. The molecule has 0 aliphatic heterocycles. The highest BCUT2D eigenvalue weighted by Gasteiger charge is 2.39. The maximum absolute atomic E-state index is 2.59. The van der Waals surface area contributed by atoms with Gasteiger partial charge in [-0.05, 0) is 68.1 Å². The largest absolute Gasteiger partial charge is 0.307 e. The van der Waals surface area contributed by atoms with Crippen molar-refractivity contribution in [2.45, 2.75) is 12.3 Å². The van der Waals surface area contributed by atoms with E-state index < -0.39 is 0 Å². The quantitative estimate of drug-likeness (QED) is 0.195. The first-order chi connectivity index (χ1) is 22.4. The molecule has 45 heavy (non-hydrogen) atoms. The lowest BCUT2D eigenvalue weighted by Crippen LogP contribution is -2.13. The molecule has 0 spiro atoms. The Morgan fingerprint density at radius 2 is 1.07 bits per heavy atom. The molecule has 0 N–H and O–H groups in total. The van der Waals surface area contributed by atoms with Gasteiger partial charge in [0.25, 0.3) is 0 Å². The van der Waals surface area contributed by atoms with E-state index in [9.17, 15) is 0 Å². The van der Waals surface area contributed by atoms with Gasteiger partial charge in [0.2, 0.25) is 0 Å². The molecule has 0 amide bonds. The molecule has 1 heteroatoms. The van der Waals surface area contributed by atoms with Crippen molar-refractivity contribution >= 4 is 38.1 Å². The fourth-order valence-electron chi connectivity index (χ4n) is 9.05. The van der Waals surface area contributed by atoms with Gasteiger partial charge in [-0.1, -0.05) is 140 Å². The molecule has 1 nitrogen and oxygen atoms in total. The van der Waals surface area contributed by atoms with Gasteiger partial charge in [0, 0.05) is 33.0 Å². The Hall–Kier alpha value is -5.66. The van der Waals surface area contributed by atoms with Crippen LogP contribution >= 0.6 is 0 Å². The summed E-state index contributed by atoms with van der Waals surface area (Å²) in [7, 11) is 0. The van der Waals surface area contributed by atoms with E-state index in [2.05, 4.69) is 150 Å². The highest BCUT2D eigenvalue weighted by atomic mass is 14.9. The molecule has 0 radical (unpaired) electrons. The second-order valence-corrected chi connectivity index (χ2v) is 12.7. The first-order valence-electron chi connectivity index (χ1n) is 16.0. The van der Waals surface area contributed by atoms with Crippen molar-refractivity contribution in [3.63, 3.8) is 0 Å². The molecule has 0 fully saturated rings. The molecule has 2 aliphatic rings. The SMILES string of the molecule is c1ccc(-c2c3c(c(-c4ccccc4)c4c2c2cccc5c6ccccc6n4c52)-c2cccc4c2C(C3)c2ccccc2-4)cc1. The minimum atomic E-state index is 0.348. The lowest BCUT2D eigenvalue weighted by Gasteiger charge is -2.31. The summed E-state index contributed by atoms with van der Waals surface area (Å²) >= 11 is 0. The molecule has 7 aromatic carbocycles. The third kappa shape index (κ3) is 2.89. The fourth-order valence-corrected chi connectivity index (χ4v) is 9.05. The number of hydrogen-bond acceptors (Lipinski definition) is 0. The molecular weight excluding hydrogens is 542 g/mol. The molecular formula is C44H27N. The molecule has 2 aliphatic carbocycles. The predicted molar refractivity (Wildman–Crippen MR) is 188 cm³/mol. The van der Waals surface area contributed by atoms with Crippen LogP contribution in [-0.4, -0.2) is 4.40 Å². The number of para-hydroxylation sites is 2. The topological polar surface area (TPSA) is 4.41 Å². The van der Waals surface area contributed by atoms with Gasteiger partial charge < -0.3 is 4.40 Å². The standard InChI is InChI=1S/C44H27N/c1-3-13-26(14-4-1)38-36-25-35-29-18-8-7-17-28(29)31-20-11-22-33(40(31)35)41(36)39(27-15-5-2-6-16-27)44-42(38)34-23-12-21-32-30-19-9-10-24-37(30)45(44)43(32)34/h1-24,35H,25H2. The highest BCUT2D eigenvalue weighted by Crippen LogP contribution is 2.59. The van der Waals surface area contributed by atoms with Gasteiger partial charge in [0.1, 0.15) is 0 Å². The van der Waals surface area contributed by atoms with Crippen molar-refractivity contribution in [3.05, 3.63) is 162 Å². The Morgan fingerprint density at radius 1 is 0.444 bits per heavy atom. The summed E-state index contributed by atoms with van der Waals surface area (Å²) < 4.78 is 2.59. The maximum atomic E-state index is 2.59. The van der Waals surface area contributed by atoms with Gasteiger partial charge >= 0.3 is 0 Å². The summed E-state index contributed by atoms with van der Waals surface area (Å²) in [4.78, 5) is 0. The van der Waals surface area contributed by atoms with Crippen LogP contribution in [0.5, 0.6) is 0 Å². The molecule has 2 aromatic heterocycles. The lowest BCUT2D eigenvalue weighted by atomic mass is 9.72. The number of benzene rings is 7. The van der Waals surface area contributed by atoms with Crippen molar-refractivity contribution < 1.29 is 0 Å². The Labute approximate surface area is 261 Å². The van der Waals surface area contributed by atoms with Crippen molar-refractivity contribution in [2.75, 3.05) is 0 Å².